The van der Waals surface area contributed by atoms with Crippen molar-refractivity contribution in [2.45, 2.75) is 84.7 Å². The van der Waals surface area contributed by atoms with E-state index in [9.17, 15) is 27.8 Å². The zero-order valence-electron chi connectivity index (χ0n) is 20.4. The van der Waals surface area contributed by atoms with Crippen molar-refractivity contribution in [3.05, 3.63) is 29.3 Å². The maximum Gasteiger partial charge on any atom is 0.414 e. The van der Waals surface area contributed by atoms with Gasteiger partial charge < -0.3 is 20.1 Å². The van der Waals surface area contributed by atoms with Crippen molar-refractivity contribution < 1.29 is 37.3 Å². The lowest BCUT2D eigenvalue weighted by Crippen LogP contribution is -2.31. The molecule has 0 radical (unpaired) electrons. The molecular formula is C23H37F2N2O6P. The third kappa shape index (κ3) is 8.96. The van der Waals surface area contributed by atoms with Gasteiger partial charge in [-0.1, -0.05) is 39.8 Å². The van der Waals surface area contributed by atoms with Crippen molar-refractivity contribution in [2.75, 3.05) is 11.5 Å². The molecule has 0 bridgehead atoms. The molecule has 5 atom stereocenters. The summed E-state index contributed by atoms with van der Waals surface area (Å²) in [7, 11) is -4.07. The van der Waals surface area contributed by atoms with E-state index >= 15 is 0 Å². The second-order valence-electron chi connectivity index (χ2n) is 8.61. The van der Waals surface area contributed by atoms with Crippen LogP contribution < -0.4 is 11.1 Å². The molecule has 8 nitrogen and oxygen atoms in total. The molecule has 0 spiro atoms. The zero-order valence-corrected chi connectivity index (χ0v) is 21.3. The third-order valence-electron chi connectivity index (χ3n) is 5.38. The summed E-state index contributed by atoms with van der Waals surface area (Å²) < 4.78 is 50.3. The third-order valence-corrected chi connectivity index (χ3v) is 7.79. The minimum atomic E-state index is -4.07. The number of alkyl halides is 2. The van der Waals surface area contributed by atoms with Crippen molar-refractivity contribution in [2.24, 2.45) is 11.7 Å². The van der Waals surface area contributed by atoms with Crippen molar-refractivity contribution in [1.82, 2.24) is 0 Å². The Morgan fingerprint density at radius 1 is 1.12 bits per heavy atom. The zero-order chi connectivity index (χ0) is 26.1. The number of halogens is 2. The minimum Gasteiger partial charge on any atom is -0.431 e. The number of carbonyl (C=O) groups excluding carboxylic acids is 2. The van der Waals surface area contributed by atoms with Crippen molar-refractivity contribution >= 4 is 25.1 Å². The standard InChI is InChI=1S/C23H37F2N2O6P/c1-6-9-19(24)32-22(28)17(13-34(30,31)21(26)14(3)4)16-11-8-12-18(15(16)5)27-23(29)33-20(25)10-7-2/h8,11-12,14,17,19-21H,6-7,9-10,13,26H2,1-5H3,(H,27,29)(H,30,31). The van der Waals surface area contributed by atoms with Crippen molar-refractivity contribution in [3.8, 4) is 0 Å². The molecule has 194 valence electrons. The molecule has 0 aromatic heterocycles. The summed E-state index contributed by atoms with van der Waals surface area (Å²) in [6, 6.07) is 4.52. The summed E-state index contributed by atoms with van der Waals surface area (Å²) >= 11 is 0. The van der Waals surface area contributed by atoms with Gasteiger partial charge in [0.2, 0.25) is 20.1 Å². The Hall–Kier alpha value is -2.03. The molecule has 11 heteroatoms. The smallest absolute Gasteiger partial charge is 0.414 e. The molecule has 0 saturated carbocycles. The SMILES string of the molecule is CCCC(F)OC(=O)Nc1cccc(C(CP(=O)(O)C(N)C(C)C)C(=O)OC(F)CCC)c1C. The van der Waals surface area contributed by atoms with E-state index in [1.807, 2.05) is 0 Å². The number of nitrogens with one attached hydrogen (secondary N) is 1. The number of nitrogens with two attached hydrogens (primary N) is 1. The number of carbonyl (C=O) groups is 2. The summed E-state index contributed by atoms with van der Waals surface area (Å²) in [5.41, 5.74) is 6.74. The van der Waals surface area contributed by atoms with Crippen LogP contribution in [0.2, 0.25) is 0 Å². The van der Waals surface area contributed by atoms with E-state index in [1.165, 1.54) is 18.2 Å². The quantitative estimate of drug-likeness (QED) is 0.236. The first-order valence-corrected chi connectivity index (χ1v) is 13.4. The van der Waals surface area contributed by atoms with Gasteiger partial charge in [0, 0.05) is 24.7 Å². The molecule has 1 amide bonds. The highest BCUT2D eigenvalue weighted by Crippen LogP contribution is 2.50. The van der Waals surface area contributed by atoms with Crippen LogP contribution in [0.25, 0.3) is 0 Å². The molecule has 4 N–H and O–H groups in total. The van der Waals surface area contributed by atoms with Crippen LogP contribution in [0.4, 0.5) is 19.3 Å². The summed E-state index contributed by atoms with van der Waals surface area (Å²) in [6.07, 6.45) is -4.28. The van der Waals surface area contributed by atoms with Crippen molar-refractivity contribution in [1.29, 1.82) is 0 Å². The lowest BCUT2D eigenvalue weighted by Gasteiger charge is -2.27. The fraction of sp³-hybridized carbons (Fsp3) is 0.652. The van der Waals surface area contributed by atoms with Crippen LogP contribution in [-0.4, -0.2) is 41.6 Å². The van der Waals surface area contributed by atoms with E-state index in [2.05, 4.69) is 10.1 Å². The van der Waals surface area contributed by atoms with Crippen LogP contribution in [0.15, 0.2) is 18.2 Å². The molecule has 0 fully saturated rings. The van der Waals surface area contributed by atoms with Crippen LogP contribution in [0, 0.1) is 12.8 Å². The van der Waals surface area contributed by atoms with E-state index in [0.29, 0.717) is 18.4 Å². The summed E-state index contributed by atoms with van der Waals surface area (Å²) in [5.74, 6) is -3.78. The second kappa shape index (κ2) is 13.8. The van der Waals surface area contributed by atoms with Gasteiger partial charge in [-0.05, 0) is 42.9 Å². The molecule has 0 aliphatic carbocycles. The molecular weight excluding hydrogens is 469 g/mol. The topological polar surface area (TPSA) is 128 Å². The highest BCUT2D eigenvalue weighted by atomic mass is 31.2. The molecule has 5 unspecified atom stereocenters. The Morgan fingerprint density at radius 2 is 1.68 bits per heavy atom. The molecule has 34 heavy (non-hydrogen) atoms. The highest BCUT2D eigenvalue weighted by Gasteiger charge is 2.38. The number of ether oxygens (including phenoxy) is 2. The lowest BCUT2D eigenvalue weighted by molar-refractivity contribution is -0.159. The average Bonchev–Trinajstić information content (AvgIpc) is 2.73. The number of hydrogen-bond acceptors (Lipinski definition) is 6. The van der Waals surface area contributed by atoms with Crippen LogP contribution >= 0.6 is 7.37 Å². The van der Waals surface area contributed by atoms with Gasteiger partial charge >= 0.3 is 12.1 Å². The normalized spacial score (nSPS) is 16.8. The molecule has 0 saturated heterocycles. The van der Waals surface area contributed by atoms with Gasteiger partial charge in [-0.3, -0.25) is 14.7 Å². The largest absolute Gasteiger partial charge is 0.431 e. The highest BCUT2D eigenvalue weighted by molar-refractivity contribution is 7.58. The maximum atomic E-state index is 14.1. The molecule has 1 rings (SSSR count). The fourth-order valence-electron chi connectivity index (χ4n) is 3.35. The van der Waals surface area contributed by atoms with E-state index in [-0.39, 0.29) is 30.0 Å². The van der Waals surface area contributed by atoms with Gasteiger partial charge in [-0.2, -0.15) is 0 Å². The minimum absolute atomic E-state index is 0.0185. The Kier molecular flexibility index (Phi) is 12.1. The van der Waals surface area contributed by atoms with Gasteiger partial charge in [0.25, 0.3) is 0 Å². The van der Waals surface area contributed by atoms with Gasteiger partial charge in [0.15, 0.2) is 0 Å². The second-order valence-corrected chi connectivity index (χ2v) is 11.1. The Labute approximate surface area is 200 Å². The number of benzene rings is 1. The van der Waals surface area contributed by atoms with E-state index in [1.54, 1.807) is 34.6 Å². The lowest BCUT2D eigenvalue weighted by atomic mass is 9.95. The number of anilines is 1. The van der Waals surface area contributed by atoms with Crippen LogP contribution in [0.1, 0.15) is 70.4 Å². The van der Waals surface area contributed by atoms with E-state index in [4.69, 9.17) is 10.5 Å². The van der Waals surface area contributed by atoms with Crippen LogP contribution in [0.5, 0.6) is 0 Å². The van der Waals surface area contributed by atoms with Gasteiger partial charge in [0.05, 0.1) is 11.7 Å². The summed E-state index contributed by atoms with van der Waals surface area (Å²) in [4.78, 5) is 35.6. The Balaban J connectivity index is 3.30. The predicted octanol–water partition coefficient (Wildman–Crippen LogP) is 5.57. The first-order chi connectivity index (χ1) is 15.8. The average molecular weight is 507 g/mol. The molecule has 1 aromatic rings. The number of esters is 1. The first kappa shape index (κ1) is 30.0. The fourth-order valence-corrected chi connectivity index (χ4v) is 5.40. The Bertz CT molecular complexity index is 870. The summed E-state index contributed by atoms with van der Waals surface area (Å²) in [5, 5.41) is 2.42. The Morgan fingerprint density at radius 3 is 2.21 bits per heavy atom. The maximum absolute atomic E-state index is 14.1. The predicted molar refractivity (Wildman–Crippen MR) is 127 cm³/mol. The van der Waals surface area contributed by atoms with Crippen LogP contribution in [0.3, 0.4) is 0 Å². The first-order valence-electron chi connectivity index (χ1n) is 11.5. The van der Waals surface area contributed by atoms with Gasteiger partial charge in [-0.25, -0.2) is 13.6 Å². The molecule has 0 aliphatic rings. The van der Waals surface area contributed by atoms with Gasteiger partial charge in [-0.15, -0.1) is 0 Å². The number of rotatable bonds is 13. The monoisotopic (exact) mass is 506 g/mol. The summed E-state index contributed by atoms with van der Waals surface area (Å²) in [6.45, 7) is 8.39. The molecule has 1 aromatic carbocycles. The molecule has 0 aliphatic heterocycles. The number of amides is 1. The van der Waals surface area contributed by atoms with Crippen LogP contribution in [-0.2, 0) is 18.8 Å². The molecule has 0 heterocycles. The van der Waals surface area contributed by atoms with E-state index < -0.39 is 50.0 Å². The van der Waals surface area contributed by atoms with E-state index in [0.717, 1.165) is 0 Å². The van der Waals surface area contributed by atoms with Gasteiger partial charge in [0.1, 0.15) is 0 Å². The number of hydrogen-bond donors (Lipinski definition) is 3. The van der Waals surface area contributed by atoms with Crippen molar-refractivity contribution in [3.63, 3.8) is 0 Å².